The van der Waals surface area contributed by atoms with E-state index in [1.54, 1.807) is 0 Å². The summed E-state index contributed by atoms with van der Waals surface area (Å²) in [6.45, 7) is 2.71. The third-order valence-electron chi connectivity index (χ3n) is 5.22. The summed E-state index contributed by atoms with van der Waals surface area (Å²) in [7, 11) is 0. The minimum atomic E-state index is 0.0573. The smallest absolute Gasteiger partial charge is 0.225 e. The van der Waals surface area contributed by atoms with Crippen LogP contribution in [0, 0.1) is 0 Å². The van der Waals surface area contributed by atoms with Gasteiger partial charge in [0.1, 0.15) is 0 Å². The van der Waals surface area contributed by atoms with Crippen molar-refractivity contribution >= 4 is 17.5 Å². The lowest BCUT2D eigenvalue weighted by atomic mass is 9.89. The van der Waals surface area contributed by atoms with Crippen molar-refractivity contribution in [3.8, 4) is 0 Å². The summed E-state index contributed by atoms with van der Waals surface area (Å²) < 4.78 is 5.50. The van der Waals surface area contributed by atoms with Gasteiger partial charge in [-0.25, -0.2) is 0 Å². The maximum absolute atomic E-state index is 13.1. The number of carbonyl (C=O) groups excluding carboxylic acids is 1. The third kappa shape index (κ3) is 3.78. The van der Waals surface area contributed by atoms with E-state index in [1.807, 2.05) is 35.2 Å². The molecule has 4 nitrogen and oxygen atoms in total. The second-order valence-corrected chi connectivity index (χ2v) is 7.43. The lowest BCUT2D eigenvalue weighted by molar-refractivity contribution is -0.136. The van der Waals surface area contributed by atoms with Gasteiger partial charge in [-0.2, -0.15) is 0 Å². The summed E-state index contributed by atoms with van der Waals surface area (Å²) >= 11 is 6.18. The van der Waals surface area contributed by atoms with Crippen LogP contribution in [0.4, 0.5) is 0 Å². The molecule has 2 unspecified atom stereocenters. The van der Waals surface area contributed by atoms with Crippen molar-refractivity contribution in [2.75, 3.05) is 19.8 Å². The minimum Gasteiger partial charge on any atom is -0.378 e. The van der Waals surface area contributed by atoms with E-state index in [-0.39, 0.29) is 18.0 Å². The number of fused-ring (bicyclic) bond motifs is 1. The molecule has 1 fully saturated rings. The average molecular weight is 371 g/mol. The average Bonchev–Trinajstić information content (AvgIpc) is 2.68. The van der Waals surface area contributed by atoms with E-state index < -0.39 is 0 Å². The van der Waals surface area contributed by atoms with E-state index in [0.717, 1.165) is 23.6 Å². The number of morpholine rings is 1. The molecule has 0 saturated carbocycles. The highest BCUT2D eigenvalue weighted by Crippen LogP contribution is 2.35. The SMILES string of the molecule is O=C(CC1COCCN1)N1Cc2cc(Cl)ccc2CC1c1ccccc1. The molecule has 2 aromatic carbocycles. The lowest BCUT2D eigenvalue weighted by Crippen LogP contribution is -2.46. The van der Waals surface area contributed by atoms with Gasteiger partial charge in [0.05, 0.1) is 19.3 Å². The zero-order valence-corrected chi connectivity index (χ0v) is 15.4. The van der Waals surface area contributed by atoms with Crippen molar-refractivity contribution < 1.29 is 9.53 Å². The Labute approximate surface area is 159 Å². The quantitative estimate of drug-likeness (QED) is 0.900. The van der Waals surface area contributed by atoms with Gasteiger partial charge in [-0.15, -0.1) is 0 Å². The molecule has 136 valence electrons. The Hall–Kier alpha value is -1.88. The molecular weight excluding hydrogens is 348 g/mol. The molecule has 0 spiro atoms. The van der Waals surface area contributed by atoms with Gasteiger partial charge in [0, 0.05) is 30.6 Å². The topological polar surface area (TPSA) is 41.6 Å². The standard InChI is InChI=1S/C21H23ClN2O2/c22-18-7-6-16-11-20(15-4-2-1-3-5-15)24(13-17(16)10-18)21(25)12-19-14-26-9-8-23-19/h1-7,10,19-20,23H,8-9,11-14H2. The van der Waals surface area contributed by atoms with Crippen molar-refractivity contribution in [3.05, 3.63) is 70.2 Å². The number of halogens is 1. The molecule has 4 rings (SSSR count). The van der Waals surface area contributed by atoms with Crippen LogP contribution in [0.3, 0.4) is 0 Å². The number of amides is 1. The highest BCUT2D eigenvalue weighted by molar-refractivity contribution is 6.30. The van der Waals surface area contributed by atoms with Gasteiger partial charge >= 0.3 is 0 Å². The molecule has 2 heterocycles. The van der Waals surface area contributed by atoms with Crippen LogP contribution in [0.5, 0.6) is 0 Å². The molecule has 26 heavy (non-hydrogen) atoms. The van der Waals surface area contributed by atoms with Crippen molar-refractivity contribution in [2.45, 2.75) is 31.5 Å². The Kier molecular flexibility index (Phi) is 5.25. The summed E-state index contributed by atoms with van der Waals surface area (Å²) in [5.41, 5.74) is 3.59. The van der Waals surface area contributed by atoms with Crippen LogP contribution in [0.25, 0.3) is 0 Å². The number of nitrogens with zero attached hydrogens (tertiary/aromatic N) is 1. The number of hydrogen-bond acceptors (Lipinski definition) is 3. The molecule has 0 radical (unpaired) electrons. The van der Waals surface area contributed by atoms with Gasteiger partial charge in [0.2, 0.25) is 5.91 Å². The maximum Gasteiger partial charge on any atom is 0.225 e. The maximum atomic E-state index is 13.1. The van der Waals surface area contributed by atoms with E-state index in [4.69, 9.17) is 16.3 Å². The van der Waals surface area contributed by atoms with Gasteiger partial charge in [-0.05, 0) is 35.2 Å². The van der Waals surface area contributed by atoms with Crippen LogP contribution >= 0.6 is 11.6 Å². The third-order valence-corrected chi connectivity index (χ3v) is 5.46. The molecule has 2 aliphatic rings. The van der Waals surface area contributed by atoms with Crippen LogP contribution in [0.15, 0.2) is 48.5 Å². The Morgan fingerprint density at radius 2 is 2.04 bits per heavy atom. The van der Waals surface area contributed by atoms with Gasteiger partial charge < -0.3 is 15.0 Å². The molecule has 0 aromatic heterocycles. The zero-order chi connectivity index (χ0) is 17.9. The monoisotopic (exact) mass is 370 g/mol. The molecule has 0 aliphatic carbocycles. The zero-order valence-electron chi connectivity index (χ0n) is 14.7. The normalized spacial score (nSPS) is 22.7. The lowest BCUT2D eigenvalue weighted by Gasteiger charge is -2.38. The van der Waals surface area contributed by atoms with E-state index in [9.17, 15) is 4.79 Å². The first-order valence-corrected chi connectivity index (χ1v) is 9.51. The highest BCUT2D eigenvalue weighted by Gasteiger charge is 2.32. The fraction of sp³-hybridized carbons (Fsp3) is 0.381. The Morgan fingerprint density at radius 3 is 2.81 bits per heavy atom. The molecule has 2 atom stereocenters. The number of ether oxygens (including phenoxy) is 1. The highest BCUT2D eigenvalue weighted by atomic mass is 35.5. The van der Waals surface area contributed by atoms with Crippen LogP contribution in [0.1, 0.15) is 29.2 Å². The number of benzene rings is 2. The molecule has 1 saturated heterocycles. The van der Waals surface area contributed by atoms with Crippen molar-refractivity contribution in [3.63, 3.8) is 0 Å². The van der Waals surface area contributed by atoms with Gasteiger partial charge in [-0.3, -0.25) is 4.79 Å². The second kappa shape index (κ2) is 7.78. The van der Waals surface area contributed by atoms with Crippen LogP contribution in [-0.2, 0) is 22.5 Å². The van der Waals surface area contributed by atoms with Crippen molar-refractivity contribution in [1.29, 1.82) is 0 Å². The molecule has 0 bridgehead atoms. The first-order chi connectivity index (χ1) is 12.7. The molecule has 2 aliphatic heterocycles. The number of nitrogens with one attached hydrogen (secondary N) is 1. The van der Waals surface area contributed by atoms with Crippen LogP contribution in [0.2, 0.25) is 5.02 Å². The van der Waals surface area contributed by atoms with Gasteiger partial charge in [0.25, 0.3) is 0 Å². The number of rotatable bonds is 3. The van der Waals surface area contributed by atoms with Crippen molar-refractivity contribution in [2.24, 2.45) is 0 Å². The van der Waals surface area contributed by atoms with E-state index in [1.165, 1.54) is 11.1 Å². The fourth-order valence-electron chi connectivity index (χ4n) is 3.87. The first-order valence-electron chi connectivity index (χ1n) is 9.13. The summed E-state index contributed by atoms with van der Waals surface area (Å²) in [4.78, 5) is 15.1. The van der Waals surface area contributed by atoms with E-state index in [2.05, 4.69) is 23.5 Å². The first kappa shape index (κ1) is 17.5. The summed E-state index contributed by atoms with van der Waals surface area (Å²) in [5.74, 6) is 0.160. The summed E-state index contributed by atoms with van der Waals surface area (Å²) in [6.07, 6.45) is 1.27. The summed E-state index contributed by atoms with van der Waals surface area (Å²) in [5, 5.41) is 4.10. The molecule has 1 amide bonds. The number of hydrogen-bond donors (Lipinski definition) is 1. The molecular formula is C21H23ClN2O2. The van der Waals surface area contributed by atoms with E-state index >= 15 is 0 Å². The molecule has 2 aromatic rings. The minimum absolute atomic E-state index is 0.0573. The van der Waals surface area contributed by atoms with Crippen LogP contribution in [-0.4, -0.2) is 36.6 Å². The molecule has 1 N–H and O–H groups in total. The van der Waals surface area contributed by atoms with Crippen LogP contribution < -0.4 is 5.32 Å². The Balaban J connectivity index is 1.61. The Bertz CT molecular complexity index is 775. The van der Waals surface area contributed by atoms with E-state index in [0.29, 0.717) is 26.2 Å². The van der Waals surface area contributed by atoms with Crippen molar-refractivity contribution in [1.82, 2.24) is 10.2 Å². The Morgan fingerprint density at radius 1 is 1.19 bits per heavy atom. The second-order valence-electron chi connectivity index (χ2n) is 7.00. The van der Waals surface area contributed by atoms with Gasteiger partial charge in [0.15, 0.2) is 0 Å². The molecule has 5 heteroatoms. The number of carbonyl (C=O) groups is 1. The predicted octanol–water partition coefficient (Wildman–Crippen LogP) is 3.34. The fourth-order valence-corrected chi connectivity index (χ4v) is 4.06. The summed E-state index contributed by atoms with van der Waals surface area (Å²) in [6, 6.07) is 16.4. The predicted molar refractivity (Wildman–Crippen MR) is 102 cm³/mol. The van der Waals surface area contributed by atoms with Gasteiger partial charge in [-0.1, -0.05) is 48.0 Å². The largest absolute Gasteiger partial charge is 0.378 e.